The molecular formula is C46H64S4Sn. The summed E-state index contributed by atoms with van der Waals surface area (Å²) < 4.78 is 6.59. The van der Waals surface area contributed by atoms with Gasteiger partial charge in [0, 0.05) is 0 Å². The van der Waals surface area contributed by atoms with Crippen LogP contribution in [0.15, 0.2) is 66.7 Å². The number of hydrogen-bond donors (Lipinski definition) is 0. The second-order valence-corrected chi connectivity index (χ2v) is 33.3. The van der Waals surface area contributed by atoms with Gasteiger partial charge in [-0.2, -0.15) is 0 Å². The van der Waals surface area contributed by atoms with Gasteiger partial charge in [0.25, 0.3) is 0 Å². The van der Waals surface area contributed by atoms with E-state index in [9.17, 15) is 0 Å². The van der Waals surface area contributed by atoms with Crippen molar-refractivity contribution in [2.24, 2.45) is 0 Å². The van der Waals surface area contributed by atoms with Crippen LogP contribution in [0.4, 0.5) is 0 Å². The zero-order chi connectivity index (χ0) is 35.9. The van der Waals surface area contributed by atoms with E-state index in [1.165, 1.54) is 143 Å². The Morgan fingerprint density at radius 3 is 1.39 bits per heavy atom. The minimum atomic E-state index is -2.51. The third-order valence-corrected chi connectivity index (χ3v) is 34.1. The van der Waals surface area contributed by atoms with Crippen LogP contribution in [0.25, 0.3) is 39.7 Å². The van der Waals surface area contributed by atoms with Crippen molar-refractivity contribution in [2.75, 3.05) is 0 Å². The molecule has 4 aromatic heterocycles. The van der Waals surface area contributed by atoms with Gasteiger partial charge in [-0.3, -0.25) is 0 Å². The molecule has 4 heterocycles. The van der Waals surface area contributed by atoms with Gasteiger partial charge < -0.3 is 0 Å². The summed E-state index contributed by atoms with van der Waals surface area (Å²) in [6.07, 6.45) is 21.4. The Bertz CT molecular complexity index is 1680. The maximum absolute atomic E-state index is 2.80. The van der Waals surface area contributed by atoms with Crippen LogP contribution in [0.2, 0.25) is 13.3 Å². The molecule has 0 aliphatic carbocycles. The Morgan fingerprint density at radius 2 is 0.882 bits per heavy atom. The van der Waals surface area contributed by atoms with Crippen LogP contribution in [0, 0.1) is 0 Å². The quantitative estimate of drug-likeness (QED) is 0.0428. The molecule has 0 amide bonds. The second-order valence-electron chi connectivity index (χ2n) is 14.8. The summed E-state index contributed by atoms with van der Waals surface area (Å²) in [6.45, 7) is 11.9. The van der Waals surface area contributed by atoms with Gasteiger partial charge >= 0.3 is 266 Å². The number of unbranched alkanes of at least 4 members (excludes halogenated alkanes) is 9. The molecule has 0 fully saturated rings. The molecule has 0 atom stereocenters. The third-order valence-electron chi connectivity index (χ3n) is 10.7. The first kappa shape index (κ1) is 41.0. The predicted octanol–water partition coefficient (Wildman–Crippen LogP) is 16.9. The summed E-state index contributed by atoms with van der Waals surface area (Å²) >= 11 is 5.82. The Hall–Kier alpha value is -1.18. The summed E-state index contributed by atoms with van der Waals surface area (Å²) in [6, 6.07) is 26.0. The topological polar surface area (TPSA) is 0 Å². The normalized spacial score (nSPS) is 11.9. The summed E-state index contributed by atoms with van der Waals surface area (Å²) in [5.41, 5.74) is 4.56. The minimum absolute atomic E-state index is 1.18. The maximum atomic E-state index is 2.80. The van der Waals surface area contributed by atoms with E-state index >= 15 is 0 Å². The van der Waals surface area contributed by atoms with Crippen molar-refractivity contribution >= 4 is 66.6 Å². The molecular weight excluding hydrogens is 799 g/mol. The average Bonchev–Trinajstić information content (AvgIpc) is 3.98. The van der Waals surface area contributed by atoms with Crippen LogP contribution >= 0.6 is 45.3 Å². The molecule has 0 spiro atoms. The number of hydrogen-bond acceptors (Lipinski definition) is 4. The van der Waals surface area contributed by atoms with E-state index in [0.29, 0.717) is 0 Å². The monoisotopic (exact) mass is 864 g/mol. The molecule has 5 heteroatoms. The SMILES string of the molecule is CCCCCCc1cc(-c2ccccc2)sc1-c1ccc(-c2ccc(-c3s[c]([Sn]([CH2]CCC)([CH2]CCC)[CH2]CCC)cc3CCCCCC)s2)s1. The molecule has 276 valence electrons. The van der Waals surface area contributed by atoms with Crippen molar-refractivity contribution in [3.63, 3.8) is 0 Å². The van der Waals surface area contributed by atoms with Gasteiger partial charge in [0.15, 0.2) is 0 Å². The van der Waals surface area contributed by atoms with E-state index in [-0.39, 0.29) is 0 Å². The van der Waals surface area contributed by atoms with Gasteiger partial charge in [-0.1, -0.05) is 56.5 Å². The van der Waals surface area contributed by atoms with Crippen molar-refractivity contribution in [3.8, 4) is 39.7 Å². The van der Waals surface area contributed by atoms with Crippen molar-refractivity contribution in [1.82, 2.24) is 0 Å². The fraction of sp³-hybridized carbons (Fsp3) is 0.522. The van der Waals surface area contributed by atoms with Crippen molar-refractivity contribution < 1.29 is 0 Å². The summed E-state index contributed by atoms with van der Waals surface area (Å²) in [7, 11) is 0. The molecule has 5 rings (SSSR count). The first-order valence-electron chi connectivity index (χ1n) is 20.6. The molecule has 0 saturated carbocycles. The standard InChI is InChI=1S/C34H37S4.3C4H9.Sn/c1-3-5-7-10-16-26-22-23-35-33(26)30-20-18-28(36-30)29-19-21-31(37-29)34-27(17-11-8-6-4-2)24-32(38-34)25-14-12-9-13-15-25;3*1-3-4-2;/h9,12-15,18-22,24H,3-8,10-11,16-17H2,1-2H3;3*1,3-4H2,2H3;. The molecule has 0 saturated heterocycles. The fourth-order valence-corrected chi connectivity index (χ4v) is 31.6. The van der Waals surface area contributed by atoms with E-state index < -0.39 is 18.4 Å². The summed E-state index contributed by atoms with van der Waals surface area (Å²) in [5.74, 6) is 0. The van der Waals surface area contributed by atoms with Crippen molar-refractivity contribution in [1.29, 1.82) is 0 Å². The van der Waals surface area contributed by atoms with Gasteiger partial charge in [0.2, 0.25) is 0 Å². The van der Waals surface area contributed by atoms with Crippen LogP contribution in [0.5, 0.6) is 0 Å². The third kappa shape index (κ3) is 11.2. The molecule has 0 unspecified atom stereocenters. The first-order chi connectivity index (χ1) is 25.0. The number of thiophene rings is 4. The summed E-state index contributed by atoms with van der Waals surface area (Å²) in [5, 5.41) is 0. The van der Waals surface area contributed by atoms with Gasteiger partial charge in [0.05, 0.1) is 0 Å². The molecule has 0 aliphatic heterocycles. The zero-order valence-corrected chi connectivity index (χ0v) is 38.5. The second kappa shape index (κ2) is 21.6. The summed E-state index contributed by atoms with van der Waals surface area (Å²) in [4.78, 5) is 10.3. The zero-order valence-electron chi connectivity index (χ0n) is 32.4. The van der Waals surface area contributed by atoms with Crippen LogP contribution in [0.1, 0.15) is 136 Å². The molecule has 51 heavy (non-hydrogen) atoms. The van der Waals surface area contributed by atoms with E-state index in [2.05, 4.69) is 124 Å². The molecule has 0 bridgehead atoms. The number of rotatable bonds is 24. The van der Waals surface area contributed by atoms with E-state index in [1.807, 2.05) is 25.6 Å². The average molecular weight is 864 g/mol. The van der Waals surface area contributed by atoms with Gasteiger partial charge in [-0.05, 0) is 12.0 Å². The number of benzene rings is 1. The van der Waals surface area contributed by atoms with Crippen LogP contribution in [-0.4, -0.2) is 18.4 Å². The predicted molar refractivity (Wildman–Crippen MR) is 240 cm³/mol. The van der Waals surface area contributed by atoms with Gasteiger partial charge in [-0.15, -0.1) is 0 Å². The molecule has 5 aromatic rings. The Morgan fingerprint density at radius 1 is 0.412 bits per heavy atom. The van der Waals surface area contributed by atoms with E-state index in [4.69, 9.17) is 0 Å². The van der Waals surface area contributed by atoms with Crippen molar-refractivity contribution in [2.45, 2.75) is 151 Å². The Labute approximate surface area is 332 Å². The van der Waals surface area contributed by atoms with E-state index in [0.717, 1.165) is 0 Å². The molecule has 0 radical (unpaired) electrons. The van der Waals surface area contributed by atoms with Gasteiger partial charge in [0.1, 0.15) is 0 Å². The number of aryl methyl sites for hydroxylation is 2. The molecule has 0 N–H and O–H groups in total. The molecule has 0 aliphatic rings. The van der Waals surface area contributed by atoms with Crippen molar-refractivity contribution in [3.05, 3.63) is 77.9 Å². The van der Waals surface area contributed by atoms with Crippen LogP contribution in [0.3, 0.4) is 0 Å². The van der Waals surface area contributed by atoms with Gasteiger partial charge in [-0.25, -0.2) is 0 Å². The molecule has 0 nitrogen and oxygen atoms in total. The van der Waals surface area contributed by atoms with Crippen LogP contribution in [-0.2, 0) is 12.8 Å². The Kier molecular flexibility index (Phi) is 17.4. The van der Waals surface area contributed by atoms with E-state index in [1.54, 1.807) is 23.8 Å². The van der Waals surface area contributed by atoms with Crippen LogP contribution < -0.4 is 2.89 Å². The first-order valence-corrected chi connectivity index (χ1v) is 31.3. The molecule has 1 aromatic carbocycles. The Balaban J connectivity index is 1.47. The fourth-order valence-electron chi connectivity index (χ4n) is 7.61.